The minimum Gasteiger partial charge on any atom is -0.304 e. The molecular formula is C13H20N2OS. The molecule has 2 bridgehead atoms. The summed E-state index contributed by atoms with van der Waals surface area (Å²) < 4.78 is 0. The van der Waals surface area contributed by atoms with Gasteiger partial charge in [0.2, 0.25) is 5.91 Å². The lowest BCUT2D eigenvalue weighted by Gasteiger charge is -2.17. The van der Waals surface area contributed by atoms with Gasteiger partial charge in [0.1, 0.15) is 0 Å². The van der Waals surface area contributed by atoms with Gasteiger partial charge in [-0.1, -0.05) is 32.0 Å². The second kappa shape index (κ2) is 4.30. The van der Waals surface area contributed by atoms with Gasteiger partial charge in [-0.3, -0.25) is 9.79 Å². The average molecular weight is 252 g/mol. The first-order valence-corrected chi connectivity index (χ1v) is 7.56. The molecule has 0 aromatic rings. The first kappa shape index (κ1) is 11.6. The van der Waals surface area contributed by atoms with Crippen LogP contribution in [0.25, 0.3) is 0 Å². The lowest BCUT2D eigenvalue weighted by atomic mass is 9.96. The normalized spacial score (nSPS) is 42.8. The molecule has 0 spiro atoms. The summed E-state index contributed by atoms with van der Waals surface area (Å²) in [7, 11) is 0. The smallest absolute Gasteiger partial charge is 0.239 e. The summed E-state index contributed by atoms with van der Waals surface area (Å²) in [5, 5.41) is 3.89. The first-order valence-electron chi connectivity index (χ1n) is 6.69. The van der Waals surface area contributed by atoms with Gasteiger partial charge in [0.15, 0.2) is 5.17 Å². The Morgan fingerprint density at radius 1 is 1.35 bits per heavy atom. The fourth-order valence-electron chi connectivity index (χ4n) is 3.40. The summed E-state index contributed by atoms with van der Waals surface area (Å²) in [5.41, 5.74) is 0. The third-order valence-corrected chi connectivity index (χ3v) is 5.76. The van der Waals surface area contributed by atoms with Crippen molar-refractivity contribution in [3.63, 3.8) is 0 Å². The fraction of sp³-hybridized carbons (Fsp3) is 0.846. The van der Waals surface area contributed by atoms with E-state index in [4.69, 9.17) is 4.99 Å². The van der Waals surface area contributed by atoms with Crippen LogP contribution >= 0.6 is 11.8 Å². The highest BCUT2D eigenvalue weighted by Gasteiger charge is 2.41. The van der Waals surface area contributed by atoms with Crippen molar-refractivity contribution >= 4 is 22.8 Å². The van der Waals surface area contributed by atoms with Gasteiger partial charge in [-0.05, 0) is 37.0 Å². The van der Waals surface area contributed by atoms with Crippen LogP contribution in [0.4, 0.5) is 0 Å². The van der Waals surface area contributed by atoms with Gasteiger partial charge in [-0.25, -0.2) is 0 Å². The Morgan fingerprint density at radius 3 is 2.71 bits per heavy atom. The van der Waals surface area contributed by atoms with E-state index in [2.05, 4.69) is 19.2 Å². The van der Waals surface area contributed by atoms with E-state index in [0.29, 0.717) is 12.0 Å². The first-order chi connectivity index (χ1) is 8.13. The summed E-state index contributed by atoms with van der Waals surface area (Å²) in [6.07, 6.45) is 5.36. The summed E-state index contributed by atoms with van der Waals surface area (Å²) in [4.78, 5) is 16.5. The molecule has 3 nitrogen and oxygen atoms in total. The number of thioether (sulfide) groups is 1. The highest BCUT2D eigenvalue weighted by atomic mass is 32.2. The van der Waals surface area contributed by atoms with E-state index in [1.54, 1.807) is 11.8 Å². The maximum Gasteiger partial charge on any atom is 0.239 e. The number of hydrogen-bond acceptors (Lipinski definition) is 3. The van der Waals surface area contributed by atoms with Gasteiger partial charge < -0.3 is 5.32 Å². The van der Waals surface area contributed by atoms with E-state index >= 15 is 0 Å². The molecule has 2 aliphatic carbocycles. The Balaban J connectivity index is 1.68. The Labute approximate surface area is 107 Å². The number of rotatable bonds is 2. The SMILES string of the molecule is CC(C)[C@H]1SC(=N[C@@H]2C[C@H]3CC[C@@H]2C3)NC1=O. The largest absolute Gasteiger partial charge is 0.304 e. The minimum absolute atomic E-state index is 0.0624. The molecule has 3 aliphatic rings. The van der Waals surface area contributed by atoms with E-state index in [1.165, 1.54) is 25.7 Å². The lowest BCUT2D eigenvalue weighted by molar-refractivity contribution is -0.119. The quantitative estimate of drug-likeness (QED) is 0.820. The number of amides is 1. The standard InChI is InChI=1S/C13H20N2OS/c1-7(2)11-12(16)15-13(17-11)14-10-6-8-3-4-9(10)5-8/h7-11H,3-6H2,1-2H3,(H,14,15,16)/t8-,9+,10+,11+/m0/s1. The molecule has 3 fully saturated rings. The topological polar surface area (TPSA) is 41.5 Å². The molecule has 0 radical (unpaired) electrons. The van der Waals surface area contributed by atoms with Crippen LogP contribution in [0.2, 0.25) is 0 Å². The number of hydrogen-bond donors (Lipinski definition) is 1. The number of carbonyl (C=O) groups excluding carboxylic acids is 1. The van der Waals surface area contributed by atoms with E-state index in [9.17, 15) is 4.79 Å². The third-order valence-electron chi connectivity index (χ3n) is 4.32. The number of nitrogens with zero attached hydrogens (tertiary/aromatic N) is 1. The highest BCUT2D eigenvalue weighted by Crippen LogP contribution is 2.46. The summed E-state index contributed by atoms with van der Waals surface area (Å²) in [5.74, 6) is 2.24. The monoisotopic (exact) mass is 252 g/mol. The van der Waals surface area contributed by atoms with Crippen LogP contribution in [0.1, 0.15) is 39.5 Å². The molecule has 1 heterocycles. The van der Waals surface area contributed by atoms with Gasteiger partial charge in [-0.15, -0.1) is 0 Å². The Hall–Kier alpha value is -0.510. The van der Waals surface area contributed by atoms with Crippen LogP contribution in [-0.2, 0) is 4.79 Å². The van der Waals surface area contributed by atoms with Crippen molar-refractivity contribution in [3.8, 4) is 0 Å². The third kappa shape index (κ3) is 2.12. The highest BCUT2D eigenvalue weighted by molar-refractivity contribution is 8.15. The van der Waals surface area contributed by atoms with Crippen LogP contribution in [0.3, 0.4) is 0 Å². The number of carbonyl (C=O) groups is 1. The summed E-state index contributed by atoms with van der Waals surface area (Å²) in [6.45, 7) is 4.19. The zero-order valence-electron chi connectivity index (χ0n) is 10.5. The van der Waals surface area contributed by atoms with Crippen molar-refractivity contribution in [2.24, 2.45) is 22.7 Å². The van der Waals surface area contributed by atoms with Gasteiger partial charge in [0, 0.05) is 0 Å². The minimum atomic E-state index is 0.0624. The van der Waals surface area contributed by atoms with E-state index < -0.39 is 0 Å². The predicted molar refractivity (Wildman–Crippen MR) is 71.0 cm³/mol. The van der Waals surface area contributed by atoms with Gasteiger partial charge in [0.25, 0.3) is 0 Å². The molecule has 94 valence electrons. The van der Waals surface area contributed by atoms with E-state index in [1.807, 2.05) is 0 Å². The van der Waals surface area contributed by atoms with Crippen molar-refractivity contribution in [2.75, 3.05) is 0 Å². The fourth-order valence-corrected chi connectivity index (χ4v) is 4.44. The average Bonchev–Trinajstić information content (AvgIpc) is 2.93. The molecule has 1 N–H and O–H groups in total. The van der Waals surface area contributed by atoms with Crippen molar-refractivity contribution < 1.29 is 4.79 Å². The zero-order valence-corrected chi connectivity index (χ0v) is 11.3. The van der Waals surface area contributed by atoms with Crippen molar-refractivity contribution in [1.29, 1.82) is 0 Å². The molecule has 0 unspecified atom stereocenters. The summed E-state index contributed by atoms with van der Waals surface area (Å²) >= 11 is 1.63. The van der Waals surface area contributed by atoms with E-state index in [0.717, 1.165) is 17.0 Å². The second-order valence-corrected chi connectivity index (χ2v) is 7.08. The Bertz CT molecular complexity index is 366. The van der Waals surface area contributed by atoms with Crippen molar-refractivity contribution in [2.45, 2.75) is 50.8 Å². The second-order valence-electron chi connectivity index (χ2n) is 5.95. The number of aliphatic imine (C=N–C) groups is 1. The summed E-state index contributed by atoms with van der Waals surface area (Å²) in [6, 6.07) is 0.488. The van der Waals surface area contributed by atoms with E-state index in [-0.39, 0.29) is 11.2 Å². The lowest BCUT2D eigenvalue weighted by Crippen LogP contribution is -2.28. The molecule has 1 saturated heterocycles. The maximum absolute atomic E-state index is 11.7. The van der Waals surface area contributed by atoms with Crippen LogP contribution in [0, 0.1) is 17.8 Å². The molecular weight excluding hydrogens is 232 g/mol. The maximum atomic E-state index is 11.7. The van der Waals surface area contributed by atoms with Crippen molar-refractivity contribution in [3.05, 3.63) is 0 Å². The Morgan fingerprint density at radius 2 is 2.18 bits per heavy atom. The van der Waals surface area contributed by atoms with Gasteiger partial charge in [-0.2, -0.15) is 0 Å². The molecule has 1 aliphatic heterocycles. The number of fused-ring (bicyclic) bond motifs is 2. The molecule has 0 aromatic heterocycles. The molecule has 1 amide bonds. The Kier molecular flexibility index (Phi) is 2.93. The van der Waals surface area contributed by atoms with Crippen molar-refractivity contribution in [1.82, 2.24) is 5.32 Å². The van der Waals surface area contributed by atoms with Crippen LogP contribution in [-0.4, -0.2) is 22.4 Å². The number of amidine groups is 1. The number of nitrogens with one attached hydrogen (secondary N) is 1. The van der Waals surface area contributed by atoms with Gasteiger partial charge in [0.05, 0.1) is 11.3 Å². The molecule has 0 aromatic carbocycles. The molecule has 2 saturated carbocycles. The molecule has 4 atom stereocenters. The zero-order chi connectivity index (χ0) is 12.0. The molecule has 4 heteroatoms. The van der Waals surface area contributed by atoms with Gasteiger partial charge >= 0.3 is 0 Å². The van der Waals surface area contributed by atoms with Crippen LogP contribution in [0.15, 0.2) is 4.99 Å². The molecule has 17 heavy (non-hydrogen) atoms. The van der Waals surface area contributed by atoms with Crippen LogP contribution in [0.5, 0.6) is 0 Å². The van der Waals surface area contributed by atoms with Crippen LogP contribution < -0.4 is 5.32 Å². The predicted octanol–water partition coefficient (Wildman–Crippen LogP) is 2.42. The molecule has 3 rings (SSSR count).